The van der Waals surface area contributed by atoms with Crippen molar-refractivity contribution in [3.8, 4) is 78.7 Å². The van der Waals surface area contributed by atoms with Crippen LogP contribution < -0.4 is 0 Å². The largest absolute Gasteiger partial charge is 0.208 e. The Morgan fingerprint density at radius 3 is 1.12 bits per heavy atom. The van der Waals surface area contributed by atoms with Gasteiger partial charge in [0.05, 0.1) is 0 Å². The average molecular weight is 614 g/mol. The molecule has 0 bridgehead atoms. The van der Waals surface area contributed by atoms with Gasteiger partial charge in [0, 0.05) is 16.7 Å². The minimum absolute atomic E-state index is 0.626. The molecule has 0 aliphatic heterocycles. The van der Waals surface area contributed by atoms with Crippen LogP contribution in [0, 0.1) is 0 Å². The molecule has 0 spiro atoms. The second-order valence-corrected chi connectivity index (χ2v) is 11.7. The summed E-state index contributed by atoms with van der Waals surface area (Å²) >= 11 is 0. The Bertz CT molecular complexity index is 2300. The summed E-state index contributed by atoms with van der Waals surface area (Å²) in [6.07, 6.45) is 0. The fourth-order valence-electron chi connectivity index (χ4n) is 6.14. The van der Waals surface area contributed by atoms with Gasteiger partial charge in [0.25, 0.3) is 0 Å². The zero-order chi connectivity index (χ0) is 32.1. The summed E-state index contributed by atoms with van der Waals surface area (Å²) in [7, 11) is 0. The van der Waals surface area contributed by atoms with Gasteiger partial charge in [-0.1, -0.05) is 182 Å². The molecule has 3 heteroatoms. The minimum Gasteiger partial charge on any atom is -0.208 e. The summed E-state index contributed by atoms with van der Waals surface area (Å²) in [5.41, 5.74) is 11.7. The highest BCUT2D eigenvalue weighted by atomic mass is 15.0. The van der Waals surface area contributed by atoms with Gasteiger partial charge in [0.2, 0.25) is 0 Å². The van der Waals surface area contributed by atoms with Crippen LogP contribution in [0.3, 0.4) is 0 Å². The zero-order valence-electron chi connectivity index (χ0n) is 26.2. The second kappa shape index (κ2) is 13.1. The lowest BCUT2D eigenvalue weighted by atomic mass is 9.94. The first-order chi connectivity index (χ1) is 23.8. The first-order valence-corrected chi connectivity index (χ1v) is 16.1. The minimum atomic E-state index is 0.626. The van der Waals surface area contributed by atoms with Crippen molar-refractivity contribution in [2.75, 3.05) is 0 Å². The zero-order valence-corrected chi connectivity index (χ0v) is 26.2. The molecule has 0 radical (unpaired) electrons. The maximum absolute atomic E-state index is 5.25. The van der Waals surface area contributed by atoms with E-state index in [1.807, 2.05) is 30.3 Å². The van der Waals surface area contributed by atoms with Crippen molar-refractivity contribution >= 4 is 0 Å². The van der Waals surface area contributed by atoms with Crippen LogP contribution in [0.4, 0.5) is 0 Å². The number of rotatable bonds is 7. The molecule has 1 aromatic heterocycles. The van der Waals surface area contributed by atoms with Gasteiger partial charge < -0.3 is 0 Å². The molecule has 48 heavy (non-hydrogen) atoms. The predicted octanol–water partition coefficient (Wildman–Crippen LogP) is 11.5. The molecule has 0 atom stereocenters. The molecule has 0 aliphatic carbocycles. The third-order valence-electron chi connectivity index (χ3n) is 8.59. The van der Waals surface area contributed by atoms with E-state index in [9.17, 15) is 0 Å². The van der Waals surface area contributed by atoms with E-state index >= 15 is 0 Å². The van der Waals surface area contributed by atoms with E-state index in [4.69, 9.17) is 15.0 Å². The maximum Gasteiger partial charge on any atom is 0.164 e. The van der Waals surface area contributed by atoms with E-state index in [0.717, 1.165) is 55.6 Å². The molecule has 226 valence electrons. The van der Waals surface area contributed by atoms with Gasteiger partial charge in [0.1, 0.15) is 0 Å². The van der Waals surface area contributed by atoms with Crippen LogP contribution in [0.2, 0.25) is 0 Å². The van der Waals surface area contributed by atoms with E-state index in [2.05, 4.69) is 158 Å². The van der Waals surface area contributed by atoms with E-state index in [0.29, 0.717) is 17.5 Å². The quantitative estimate of drug-likeness (QED) is 0.179. The highest BCUT2D eigenvalue weighted by molar-refractivity contribution is 5.87. The molecule has 0 aliphatic rings. The average Bonchev–Trinajstić information content (AvgIpc) is 3.19. The number of benzene rings is 7. The smallest absolute Gasteiger partial charge is 0.164 e. The summed E-state index contributed by atoms with van der Waals surface area (Å²) in [6.45, 7) is 0. The molecule has 0 unspecified atom stereocenters. The standard InChI is InChI=1S/C45H31N3/c1-5-15-32(16-6-1)34-25-27-37(28-26-34)43-46-44(41-24-14-13-23-39(41)35-19-9-3-10-20-35)48-45(47-43)42-31-38(33-17-7-2-8-18-33)29-30-40(42)36-21-11-4-12-22-36/h1-31H. The SMILES string of the molecule is c1ccc(-c2ccc(-c3nc(-c4ccccc4-c4ccccc4)nc(-c4cc(-c5ccccc5)ccc4-c4ccccc4)n3)cc2)cc1. The van der Waals surface area contributed by atoms with Crippen molar-refractivity contribution in [2.24, 2.45) is 0 Å². The number of aromatic nitrogens is 3. The molecule has 0 amide bonds. The molecular weight excluding hydrogens is 583 g/mol. The highest BCUT2D eigenvalue weighted by Gasteiger charge is 2.19. The third kappa shape index (κ3) is 5.93. The predicted molar refractivity (Wildman–Crippen MR) is 198 cm³/mol. The second-order valence-electron chi connectivity index (χ2n) is 11.7. The lowest BCUT2D eigenvalue weighted by Gasteiger charge is -2.15. The van der Waals surface area contributed by atoms with E-state index in [1.165, 1.54) is 5.56 Å². The fraction of sp³-hybridized carbons (Fsp3) is 0. The van der Waals surface area contributed by atoms with Crippen molar-refractivity contribution in [3.05, 3.63) is 188 Å². The molecule has 8 aromatic rings. The van der Waals surface area contributed by atoms with Crippen LogP contribution >= 0.6 is 0 Å². The lowest BCUT2D eigenvalue weighted by molar-refractivity contribution is 1.07. The Morgan fingerprint density at radius 1 is 0.208 bits per heavy atom. The molecule has 7 aromatic carbocycles. The first-order valence-electron chi connectivity index (χ1n) is 16.1. The molecule has 8 rings (SSSR count). The number of hydrogen-bond acceptors (Lipinski definition) is 3. The monoisotopic (exact) mass is 613 g/mol. The van der Waals surface area contributed by atoms with Crippen molar-refractivity contribution in [1.82, 2.24) is 15.0 Å². The molecular formula is C45H31N3. The van der Waals surface area contributed by atoms with Gasteiger partial charge in [-0.05, 0) is 50.6 Å². The third-order valence-corrected chi connectivity index (χ3v) is 8.59. The van der Waals surface area contributed by atoms with E-state index in [-0.39, 0.29) is 0 Å². The van der Waals surface area contributed by atoms with Crippen molar-refractivity contribution < 1.29 is 0 Å². The molecule has 0 saturated carbocycles. The number of nitrogens with zero attached hydrogens (tertiary/aromatic N) is 3. The van der Waals surface area contributed by atoms with Crippen LogP contribution in [0.1, 0.15) is 0 Å². The maximum atomic E-state index is 5.25. The van der Waals surface area contributed by atoms with Crippen LogP contribution in [-0.2, 0) is 0 Å². The van der Waals surface area contributed by atoms with Crippen molar-refractivity contribution in [3.63, 3.8) is 0 Å². The van der Waals surface area contributed by atoms with Gasteiger partial charge >= 0.3 is 0 Å². The molecule has 0 N–H and O–H groups in total. The molecule has 1 heterocycles. The Balaban J connectivity index is 1.35. The summed E-state index contributed by atoms with van der Waals surface area (Å²) < 4.78 is 0. The fourth-order valence-corrected chi connectivity index (χ4v) is 6.14. The van der Waals surface area contributed by atoms with E-state index < -0.39 is 0 Å². The lowest BCUT2D eigenvalue weighted by Crippen LogP contribution is -2.02. The Labute approximate surface area is 280 Å². The van der Waals surface area contributed by atoms with Gasteiger partial charge in [-0.3, -0.25) is 0 Å². The van der Waals surface area contributed by atoms with Crippen molar-refractivity contribution in [1.29, 1.82) is 0 Å². The first kappa shape index (κ1) is 29.0. The van der Waals surface area contributed by atoms with Crippen LogP contribution in [0.25, 0.3) is 78.7 Å². The van der Waals surface area contributed by atoms with Gasteiger partial charge in [-0.25, -0.2) is 15.0 Å². The topological polar surface area (TPSA) is 38.7 Å². The summed E-state index contributed by atoms with van der Waals surface area (Å²) in [5.74, 6) is 1.88. The Kier molecular flexibility index (Phi) is 7.92. The Morgan fingerprint density at radius 2 is 0.562 bits per heavy atom. The van der Waals surface area contributed by atoms with Gasteiger partial charge in [-0.2, -0.15) is 0 Å². The van der Waals surface area contributed by atoms with Crippen LogP contribution in [0.5, 0.6) is 0 Å². The van der Waals surface area contributed by atoms with E-state index in [1.54, 1.807) is 0 Å². The summed E-state index contributed by atoms with van der Waals surface area (Å²) in [5, 5.41) is 0. The summed E-state index contributed by atoms with van der Waals surface area (Å²) in [4.78, 5) is 15.6. The number of hydrogen-bond donors (Lipinski definition) is 0. The molecule has 0 fully saturated rings. The highest BCUT2D eigenvalue weighted by Crippen LogP contribution is 2.37. The van der Waals surface area contributed by atoms with Crippen molar-refractivity contribution in [2.45, 2.75) is 0 Å². The summed E-state index contributed by atoms with van der Waals surface area (Å²) in [6, 6.07) is 65.1. The Hall–Kier alpha value is -6.45. The normalized spacial score (nSPS) is 10.9. The molecule has 3 nitrogen and oxygen atoms in total. The van der Waals surface area contributed by atoms with Gasteiger partial charge in [0.15, 0.2) is 17.5 Å². The van der Waals surface area contributed by atoms with Crippen LogP contribution in [-0.4, -0.2) is 15.0 Å². The van der Waals surface area contributed by atoms with Gasteiger partial charge in [-0.15, -0.1) is 0 Å². The van der Waals surface area contributed by atoms with Crippen LogP contribution in [0.15, 0.2) is 188 Å². The molecule has 0 saturated heterocycles.